The van der Waals surface area contributed by atoms with Crippen molar-refractivity contribution in [2.45, 2.75) is 12.9 Å². The van der Waals surface area contributed by atoms with Gasteiger partial charge in [-0.2, -0.15) is 0 Å². The Morgan fingerprint density at radius 2 is 1.86 bits per heavy atom. The van der Waals surface area contributed by atoms with Crippen molar-refractivity contribution < 1.29 is 22.7 Å². The molecule has 0 saturated heterocycles. The minimum absolute atomic E-state index is 0.238. The summed E-state index contributed by atoms with van der Waals surface area (Å²) in [4.78, 5) is 15.7. The van der Waals surface area contributed by atoms with E-state index in [9.17, 15) is 18.0 Å². The highest BCUT2D eigenvalue weighted by atomic mass is 19.4. The summed E-state index contributed by atoms with van der Waals surface area (Å²) in [5.41, 5.74) is 1.03. The first-order valence-electron chi connectivity index (χ1n) is 6.23. The minimum Gasteiger partial charge on any atom is -0.406 e. The number of hydrogen-bond acceptors (Lipinski definition) is 3. The molecule has 0 aliphatic carbocycles. The number of benzene rings is 1. The quantitative estimate of drug-likeness (QED) is 0.910. The van der Waals surface area contributed by atoms with E-state index in [2.05, 4.69) is 20.4 Å². The predicted octanol–water partition coefficient (Wildman–Crippen LogP) is 3.30. The van der Waals surface area contributed by atoms with Gasteiger partial charge in [-0.3, -0.25) is 4.98 Å². The van der Waals surface area contributed by atoms with Gasteiger partial charge in [-0.15, -0.1) is 13.2 Å². The van der Waals surface area contributed by atoms with E-state index in [4.69, 9.17) is 0 Å². The summed E-state index contributed by atoms with van der Waals surface area (Å²) in [7, 11) is 0. The van der Waals surface area contributed by atoms with E-state index >= 15 is 0 Å². The Hall–Kier alpha value is -2.77. The number of aromatic nitrogens is 1. The van der Waals surface area contributed by atoms with Crippen molar-refractivity contribution in [1.82, 2.24) is 10.3 Å². The number of carbonyl (C=O) groups excluding carboxylic acids is 1. The van der Waals surface area contributed by atoms with Gasteiger partial charge >= 0.3 is 12.4 Å². The Bertz CT molecular complexity index is 615. The normalized spacial score (nSPS) is 10.9. The Kier molecular flexibility index (Phi) is 4.82. The molecule has 2 N–H and O–H groups in total. The number of nitrogens with one attached hydrogen (secondary N) is 2. The number of pyridine rings is 1. The van der Waals surface area contributed by atoms with Crippen molar-refractivity contribution in [2.75, 3.05) is 5.32 Å². The van der Waals surface area contributed by atoms with Crippen LogP contribution in [-0.2, 0) is 6.54 Å². The largest absolute Gasteiger partial charge is 0.573 e. The van der Waals surface area contributed by atoms with Gasteiger partial charge in [0.15, 0.2) is 0 Å². The van der Waals surface area contributed by atoms with E-state index in [1.165, 1.54) is 12.1 Å². The number of alkyl halides is 3. The highest BCUT2D eigenvalue weighted by molar-refractivity contribution is 5.89. The van der Waals surface area contributed by atoms with Crippen LogP contribution in [0.3, 0.4) is 0 Å². The van der Waals surface area contributed by atoms with Crippen LogP contribution in [0.2, 0.25) is 0 Å². The summed E-state index contributed by atoms with van der Waals surface area (Å²) < 4.78 is 39.7. The fourth-order valence-electron chi connectivity index (χ4n) is 1.59. The Balaban J connectivity index is 1.84. The number of halogens is 3. The first kappa shape index (κ1) is 15.6. The SMILES string of the molecule is O=C(NCc1ccccn1)Nc1ccc(OC(F)(F)F)cc1. The lowest BCUT2D eigenvalue weighted by molar-refractivity contribution is -0.274. The van der Waals surface area contributed by atoms with Crippen LogP contribution in [0.1, 0.15) is 5.69 Å². The van der Waals surface area contributed by atoms with E-state index in [1.807, 2.05) is 0 Å². The average Bonchev–Trinajstić information content (AvgIpc) is 2.47. The number of rotatable bonds is 4. The molecule has 0 bridgehead atoms. The molecule has 0 fully saturated rings. The van der Waals surface area contributed by atoms with Gasteiger partial charge < -0.3 is 15.4 Å². The molecule has 0 spiro atoms. The Morgan fingerprint density at radius 3 is 2.45 bits per heavy atom. The number of hydrogen-bond donors (Lipinski definition) is 2. The summed E-state index contributed by atoms with van der Waals surface area (Å²) in [6, 6.07) is 9.65. The van der Waals surface area contributed by atoms with Crippen LogP contribution >= 0.6 is 0 Å². The van der Waals surface area contributed by atoms with E-state index in [0.717, 1.165) is 12.1 Å². The van der Waals surface area contributed by atoms with Gasteiger partial charge in [-0.25, -0.2) is 4.79 Å². The zero-order chi connectivity index (χ0) is 16.0. The van der Waals surface area contributed by atoms with Gasteiger partial charge in [-0.05, 0) is 36.4 Å². The second kappa shape index (κ2) is 6.79. The molecule has 1 aromatic heterocycles. The molecule has 0 atom stereocenters. The van der Waals surface area contributed by atoms with Crippen LogP contribution in [0.15, 0.2) is 48.7 Å². The van der Waals surface area contributed by atoms with Crippen LogP contribution in [0.25, 0.3) is 0 Å². The van der Waals surface area contributed by atoms with Crippen molar-refractivity contribution >= 4 is 11.7 Å². The number of nitrogens with zero attached hydrogens (tertiary/aromatic N) is 1. The van der Waals surface area contributed by atoms with E-state index in [-0.39, 0.29) is 12.3 Å². The average molecular weight is 311 g/mol. The fourth-order valence-corrected chi connectivity index (χ4v) is 1.59. The highest BCUT2D eigenvalue weighted by Gasteiger charge is 2.30. The van der Waals surface area contributed by atoms with Crippen LogP contribution in [-0.4, -0.2) is 17.4 Å². The third-order valence-electron chi connectivity index (χ3n) is 2.50. The van der Waals surface area contributed by atoms with Crippen molar-refractivity contribution in [3.8, 4) is 5.75 Å². The Labute approximate surface area is 124 Å². The molecule has 0 saturated carbocycles. The standard InChI is InChI=1S/C14H12F3N3O2/c15-14(16,17)22-12-6-4-10(5-7-12)20-13(21)19-9-11-3-1-2-8-18-11/h1-8H,9H2,(H2,19,20,21). The molecule has 0 unspecified atom stereocenters. The lowest BCUT2D eigenvalue weighted by Gasteiger charge is -2.10. The van der Waals surface area contributed by atoms with Crippen molar-refractivity contribution in [1.29, 1.82) is 0 Å². The molecule has 22 heavy (non-hydrogen) atoms. The molecule has 2 rings (SSSR count). The van der Waals surface area contributed by atoms with Crippen molar-refractivity contribution in [3.05, 3.63) is 54.4 Å². The number of anilines is 1. The molecule has 116 valence electrons. The molecular weight excluding hydrogens is 299 g/mol. The number of ether oxygens (including phenoxy) is 1. The monoisotopic (exact) mass is 311 g/mol. The number of amides is 2. The molecule has 0 radical (unpaired) electrons. The summed E-state index contributed by atoms with van der Waals surface area (Å²) in [6.45, 7) is 0.238. The maximum absolute atomic E-state index is 12.0. The molecule has 5 nitrogen and oxygen atoms in total. The summed E-state index contributed by atoms with van der Waals surface area (Å²) in [5, 5.41) is 5.06. The first-order valence-corrected chi connectivity index (χ1v) is 6.23. The molecular formula is C14H12F3N3O2. The van der Waals surface area contributed by atoms with Crippen molar-refractivity contribution in [2.24, 2.45) is 0 Å². The van der Waals surface area contributed by atoms with E-state index < -0.39 is 12.4 Å². The van der Waals surface area contributed by atoms with Gasteiger partial charge in [-0.1, -0.05) is 6.07 Å². The van der Waals surface area contributed by atoms with E-state index in [0.29, 0.717) is 11.4 Å². The fraction of sp³-hybridized carbons (Fsp3) is 0.143. The topological polar surface area (TPSA) is 63.2 Å². The third kappa shape index (κ3) is 5.31. The second-order valence-corrected chi connectivity index (χ2v) is 4.20. The molecule has 2 amide bonds. The molecule has 0 aliphatic rings. The van der Waals surface area contributed by atoms with Gasteiger partial charge in [0.2, 0.25) is 0 Å². The van der Waals surface area contributed by atoms with Crippen LogP contribution in [0.4, 0.5) is 23.7 Å². The van der Waals surface area contributed by atoms with Gasteiger partial charge in [0.1, 0.15) is 5.75 Å². The summed E-state index contributed by atoms with van der Waals surface area (Å²) in [5.74, 6) is -0.355. The maximum Gasteiger partial charge on any atom is 0.573 e. The van der Waals surface area contributed by atoms with Crippen molar-refractivity contribution in [3.63, 3.8) is 0 Å². The summed E-state index contributed by atoms with van der Waals surface area (Å²) >= 11 is 0. The molecule has 1 aromatic carbocycles. The molecule has 2 aromatic rings. The van der Waals surface area contributed by atoms with Gasteiger partial charge in [0, 0.05) is 11.9 Å². The minimum atomic E-state index is -4.74. The van der Waals surface area contributed by atoms with E-state index in [1.54, 1.807) is 24.4 Å². The van der Waals surface area contributed by atoms with Gasteiger partial charge in [0.25, 0.3) is 0 Å². The van der Waals surface area contributed by atoms with Crippen LogP contribution in [0.5, 0.6) is 5.75 Å². The second-order valence-electron chi connectivity index (χ2n) is 4.20. The first-order chi connectivity index (χ1) is 10.4. The molecule has 0 aliphatic heterocycles. The van der Waals surface area contributed by atoms with Gasteiger partial charge in [0.05, 0.1) is 12.2 Å². The molecule has 1 heterocycles. The maximum atomic E-state index is 12.0. The lowest BCUT2D eigenvalue weighted by Crippen LogP contribution is -2.28. The third-order valence-corrected chi connectivity index (χ3v) is 2.50. The highest BCUT2D eigenvalue weighted by Crippen LogP contribution is 2.23. The van der Waals surface area contributed by atoms with Crippen LogP contribution < -0.4 is 15.4 Å². The Morgan fingerprint density at radius 1 is 1.14 bits per heavy atom. The smallest absolute Gasteiger partial charge is 0.406 e. The zero-order valence-electron chi connectivity index (χ0n) is 11.2. The zero-order valence-corrected chi connectivity index (χ0v) is 11.2. The summed E-state index contributed by atoms with van der Waals surface area (Å²) in [6.07, 6.45) is -3.14. The predicted molar refractivity (Wildman–Crippen MR) is 73.2 cm³/mol. The molecule has 8 heteroatoms. The lowest BCUT2D eigenvalue weighted by atomic mass is 10.3. The number of urea groups is 1. The van der Waals surface area contributed by atoms with Crippen LogP contribution in [0, 0.1) is 0 Å². The number of carbonyl (C=O) groups is 1.